The van der Waals surface area contributed by atoms with Crippen molar-refractivity contribution in [3.05, 3.63) is 18.0 Å². The molecular formula is C11H18N2O2S. The van der Waals surface area contributed by atoms with Gasteiger partial charge < -0.3 is 4.74 Å². The van der Waals surface area contributed by atoms with E-state index in [0.29, 0.717) is 6.42 Å². The van der Waals surface area contributed by atoms with E-state index in [1.165, 1.54) is 0 Å². The third kappa shape index (κ3) is 5.80. The van der Waals surface area contributed by atoms with Crippen molar-refractivity contribution >= 4 is 17.7 Å². The number of nitrogens with zero attached hydrogens (tertiary/aromatic N) is 1. The predicted molar refractivity (Wildman–Crippen MR) is 65.2 cm³/mol. The van der Waals surface area contributed by atoms with Gasteiger partial charge in [-0.2, -0.15) is 16.9 Å². The maximum atomic E-state index is 11.4. The van der Waals surface area contributed by atoms with Gasteiger partial charge in [0.25, 0.3) is 0 Å². The Bertz CT molecular complexity index is 317. The Morgan fingerprint density at radius 1 is 1.56 bits per heavy atom. The standard InChI is InChI=1S/C11H18N2O2S/c1-11(2,3)15-10(14)4-5-16-8-9-6-12-13-7-9/h6-7H,4-5,8H2,1-3H3,(H,12,13). The average molecular weight is 242 g/mol. The minimum atomic E-state index is -0.383. The van der Waals surface area contributed by atoms with E-state index in [2.05, 4.69) is 10.2 Å². The first kappa shape index (κ1) is 13.1. The van der Waals surface area contributed by atoms with Crippen LogP contribution in [0.1, 0.15) is 32.8 Å². The molecule has 0 fully saturated rings. The second kappa shape index (κ2) is 5.94. The molecule has 0 aliphatic carbocycles. The van der Waals surface area contributed by atoms with Crippen molar-refractivity contribution in [1.29, 1.82) is 0 Å². The van der Waals surface area contributed by atoms with Crippen LogP contribution < -0.4 is 0 Å². The predicted octanol–water partition coefficient (Wildman–Crippen LogP) is 2.37. The highest BCUT2D eigenvalue weighted by atomic mass is 32.2. The molecule has 90 valence electrons. The molecule has 1 aromatic rings. The summed E-state index contributed by atoms with van der Waals surface area (Å²) in [6, 6.07) is 0. The van der Waals surface area contributed by atoms with Crippen LogP contribution >= 0.6 is 11.8 Å². The summed E-state index contributed by atoms with van der Waals surface area (Å²) in [4.78, 5) is 11.4. The number of rotatable bonds is 5. The zero-order valence-corrected chi connectivity index (χ0v) is 10.8. The van der Waals surface area contributed by atoms with Crippen molar-refractivity contribution in [2.45, 2.75) is 38.5 Å². The number of hydrogen-bond donors (Lipinski definition) is 1. The minimum Gasteiger partial charge on any atom is -0.460 e. The number of nitrogens with one attached hydrogen (secondary N) is 1. The van der Waals surface area contributed by atoms with Gasteiger partial charge in [0.1, 0.15) is 5.60 Å². The Morgan fingerprint density at radius 2 is 2.31 bits per heavy atom. The van der Waals surface area contributed by atoms with E-state index < -0.39 is 0 Å². The monoisotopic (exact) mass is 242 g/mol. The summed E-state index contributed by atoms with van der Waals surface area (Å²) in [5.41, 5.74) is 0.765. The van der Waals surface area contributed by atoms with Crippen LogP contribution in [0.2, 0.25) is 0 Å². The lowest BCUT2D eigenvalue weighted by molar-refractivity contribution is -0.154. The first-order valence-corrected chi connectivity index (χ1v) is 6.40. The molecule has 0 spiro atoms. The maximum absolute atomic E-state index is 11.4. The van der Waals surface area contributed by atoms with Crippen LogP contribution in [0.3, 0.4) is 0 Å². The molecule has 1 N–H and O–H groups in total. The molecule has 1 rings (SSSR count). The molecule has 0 saturated heterocycles. The van der Waals surface area contributed by atoms with Gasteiger partial charge in [0.15, 0.2) is 0 Å². The Balaban J connectivity index is 2.09. The molecule has 5 heteroatoms. The zero-order chi connectivity index (χ0) is 12.0. The van der Waals surface area contributed by atoms with Crippen LogP contribution in [0.4, 0.5) is 0 Å². The van der Waals surface area contributed by atoms with Gasteiger partial charge in [-0.1, -0.05) is 0 Å². The Morgan fingerprint density at radius 3 is 2.88 bits per heavy atom. The summed E-state index contributed by atoms with van der Waals surface area (Å²) in [6.07, 6.45) is 4.11. The lowest BCUT2D eigenvalue weighted by Crippen LogP contribution is -2.24. The van der Waals surface area contributed by atoms with Gasteiger partial charge in [-0.3, -0.25) is 9.89 Å². The molecule has 0 atom stereocenters. The molecule has 0 amide bonds. The number of esters is 1. The SMILES string of the molecule is CC(C)(C)OC(=O)CCSCc1cn[nH]c1. The van der Waals surface area contributed by atoms with E-state index in [1.807, 2.05) is 27.0 Å². The fourth-order valence-corrected chi connectivity index (χ4v) is 1.94. The Labute approximate surface area is 100 Å². The van der Waals surface area contributed by atoms with E-state index in [-0.39, 0.29) is 11.6 Å². The zero-order valence-electron chi connectivity index (χ0n) is 9.95. The highest BCUT2D eigenvalue weighted by molar-refractivity contribution is 7.98. The molecule has 1 heterocycles. The Hall–Kier alpha value is -0.970. The maximum Gasteiger partial charge on any atom is 0.307 e. The van der Waals surface area contributed by atoms with Crippen molar-refractivity contribution in [3.8, 4) is 0 Å². The van der Waals surface area contributed by atoms with Gasteiger partial charge >= 0.3 is 5.97 Å². The number of hydrogen-bond acceptors (Lipinski definition) is 4. The molecule has 0 aromatic carbocycles. The summed E-state index contributed by atoms with van der Waals surface area (Å²) >= 11 is 1.70. The summed E-state index contributed by atoms with van der Waals surface area (Å²) < 4.78 is 5.20. The number of thioether (sulfide) groups is 1. The van der Waals surface area contributed by atoms with Gasteiger partial charge in [-0.15, -0.1) is 0 Å². The fraction of sp³-hybridized carbons (Fsp3) is 0.636. The van der Waals surface area contributed by atoms with Gasteiger partial charge in [-0.25, -0.2) is 0 Å². The van der Waals surface area contributed by atoms with Crippen LogP contribution in [-0.4, -0.2) is 27.5 Å². The van der Waals surface area contributed by atoms with E-state index in [0.717, 1.165) is 17.1 Å². The molecule has 16 heavy (non-hydrogen) atoms. The molecule has 0 unspecified atom stereocenters. The number of aromatic nitrogens is 2. The normalized spacial score (nSPS) is 11.4. The minimum absolute atomic E-state index is 0.132. The summed E-state index contributed by atoms with van der Waals surface area (Å²) in [5.74, 6) is 1.52. The summed E-state index contributed by atoms with van der Waals surface area (Å²) in [6.45, 7) is 5.64. The van der Waals surface area contributed by atoms with Crippen molar-refractivity contribution in [2.75, 3.05) is 5.75 Å². The van der Waals surface area contributed by atoms with Crippen molar-refractivity contribution in [2.24, 2.45) is 0 Å². The number of aromatic amines is 1. The van der Waals surface area contributed by atoms with Crippen molar-refractivity contribution in [3.63, 3.8) is 0 Å². The first-order chi connectivity index (χ1) is 7.47. The molecule has 1 aromatic heterocycles. The van der Waals surface area contributed by atoms with Gasteiger partial charge in [0.2, 0.25) is 0 Å². The van der Waals surface area contributed by atoms with E-state index in [1.54, 1.807) is 18.0 Å². The van der Waals surface area contributed by atoms with Crippen LogP contribution in [0.5, 0.6) is 0 Å². The van der Waals surface area contributed by atoms with Crippen LogP contribution in [-0.2, 0) is 15.3 Å². The Kier molecular flexibility index (Phi) is 4.86. The molecular weight excluding hydrogens is 224 g/mol. The van der Waals surface area contributed by atoms with Crippen LogP contribution in [0.25, 0.3) is 0 Å². The number of carbonyl (C=O) groups excluding carboxylic acids is 1. The van der Waals surface area contributed by atoms with Crippen molar-refractivity contribution < 1.29 is 9.53 Å². The number of H-pyrrole nitrogens is 1. The fourth-order valence-electron chi connectivity index (χ4n) is 1.09. The highest BCUT2D eigenvalue weighted by Crippen LogP contribution is 2.13. The molecule has 4 nitrogen and oxygen atoms in total. The molecule has 0 aliphatic heterocycles. The van der Waals surface area contributed by atoms with Crippen molar-refractivity contribution in [1.82, 2.24) is 10.2 Å². The second-order valence-electron chi connectivity index (χ2n) is 4.50. The molecule has 0 bridgehead atoms. The summed E-state index contributed by atoms with van der Waals surface area (Å²) in [5, 5.41) is 6.61. The second-order valence-corrected chi connectivity index (χ2v) is 5.60. The topological polar surface area (TPSA) is 55.0 Å². The quantitative estimate of drug-likeness (QED) is 0.636. The first-order valence-electron chi connectivity index (χ1n) is 5.24. The van der Waals surface area contributed by atoms with Crippen LogP contribution in [0, 0.1) is 0 Å². The van der Waals surface area contributed by atoms with E-state index >= 15 is 0 Å². The number of ether oxygens (including phenoxy) is 1. The highest BCUT2D eigenvalue weighted by Gasteiger charge is 2.15. The lowest BCUT2D eigenvalue weighted by atomic mass is 10.2. The van der Waals surface area contributed by atoms with Gasteiger partial charge in [0, 0.05) is 17.7 Å². The average Bonchev–Trinajstić information content (AvgIpc) is 2.62. The largest absolute Gasteiger partial charge is 0.460 e. The third-order valence-electron chi connectivity index (χ3n) is 1.69. The molecule has 0 aliphatic rings. The lowest BCUT2D eigenvalue weighted by Gasteiger charge is -2.19. The smallest absolute Gasteiger partial charge is 0.307 e. The molecule has 0 saturated carbocycles. The number of carbonyl (C=O) groups is 1. The third-order valence-corrected chi connectivity index (χ3v) is 2.72. The van der Waals surface area contributed by atoms with E-state index in [4.69, 9.17) is 4.74 Å². The van der Waals surface area contributed by atoms with Gasteiger partial charge in [-0.05, 0) is 26.3 Å². The summed E-state index contributed by atoms with van der Waals surface area (Å²) in [7, 11) is 0. The molecule has 0 radical (unpaired) electrons. The van der Waals surface area contributed by atoms with Crippen LogP contribution in [0.15, 0.2) is 12.4 Å². The van der Waals surface area contributed by atoms with E-state index in [9.17, 15) is 4.79 Å². The van der Waals surface area contributed by atoms with Gasteiger partial charge in [0.05, 0.1) is 12.6 Å².